The normalized spacial score (nSPS) is 14.6. The van der Waals surface area contributed by atoms with Crippen molar-refractivity contribution in [3.8, 4) is 0 Å². The van der Waals surface area contributed by atoms with Gasteiger partial charge in [-0.25, -0.2) is 4.39 Å². The third-order valence-electron chi connectivity index (χ3n) is 2.90. The number of unbranched alkanes of at least 4 members (excludes halogenated alkanes) is 2. The molecule has 1 atom stereocenters. The first-order chi connectivity index (χ1) is 7.94. The minimum absolute atomic E-state index is 0.311. The fourth-order valence-electron chi connectivity index (χ4n) is 1.93. The van der Waals surface area contributed by atoms with Gasteiger partial charge in [0, 0.05) is 11.4 Å². The maximum atomic E-state index is 13.1. The van der Waals surface area contributed by atoms with Crippen LogP contribution < -0.4 is 0 Å². The van der Waals surface area contributed by atoms with E-state index in [9.17, 15) is 9.50 Å². The van der Waals surface area contributed by atoms with Crippen molar-refractivity contribution >= 4 is 11.6 Å². The summed E-state index contributed by atoms with van der Waals surface area (Å²) in [4.78, 5) is 0. The van der Waals surface area contributed by atoms with Crippen LogP contribution in [0.1, 0.15) is 45.1 Å². The van der Waals surface area contributed by atoms with E-state index in [1.165, 1.54) is 18.2 Å². The zero-order chi connectivity index (χ0) is 12.9. The van der Waals surface area contributed by atoms with Crippen LogP contribution in [0.2, 0.25) is 5.02 Å². The zero-order valence-corrected chi connectivity index (χ0v) is 11.2. The molecule has 1 N–H and O–H groups in total. The summed E-state index contributed by atoms with van der Waals surface area (Å²) < 4.78 is 13.1. The first-order valence-corrected chi connectivity index (χ1v) is 6.49. The van der Waals surface area contributed by atoms with Crippen molar-refractivity contribution in [3.63, 3.8) is 0 Å². The van der Waals surface area contributed by atoms with Crippen LogP contribution in [-0.4, -0.2) is 10.7 Å². The Balaban J connectivity index is 2.65. The summed E-state index contributed by atoms with van der Waals surface area (Å²) in [5.74, 6) is -0.311. The average Bonchev–Trinajstić information content (AvgIpc) is 2.23. The molecule has 96 valence electrons. The molecule has 0 saturated carbocycles. The van der Waals surface area contributed by atoms with Crippen molar-refractivity contribution in [1.29, 1.82) is 0 Å². The Kier molecular flexibility index (Phi) is 5.41. The number of benzene rings is 1. The first-order valence-electron chi connectivity index (χ1n) is 6.11. The molecule has 0 aromatic heterocycles. The summed E-state index contributed by atoms with van der Waals surface area (Å²) in [6.07, 6.45) is 4.32. The summed E-state index contributed by atoms with van der Waals surface area (Å²) in [5, 5.41) is 10.7. The molecule has 0 spiro atoms. The highest BCUT2D eigenvalue weighted by molar-refractivity contribution is 6.31. The predicted octanol–water partition coefficient (Wildman–Crippen LogP) is 4.35. The van der Waals surface area contributed by atoms with Crippen molar-refractivity contribution in [3.05, 3.63) is 34.6 Å². The molecule has 0 radical (unpaired) electrons. The summed E-state index contributed by atoms with van der Waals surface area (Å²) in [6, 6.07) is 4.27. The molecule has 0 heterocycles. The van der Waals surface area contributed by atoms with Gasteiger partial charge in [-0.1, -0.05) is 37.8 Å². The van der Waals surface area contributed by atoms with Crippen molar-refractivity contribution < 1.29 is 9.50 Å². The van der Waals surface area contributed by atoms with Crippen LogP contribution in [-0.2, 0) is 6.42 Å². The Hall–Kier alpha value is -0.600. The molecular formula is C14H20ClFO. The SMILES string of the molecule is CCCCCC(C)(O)Cc1cc(F)ccc1Cl. The van der Waals surface area contributed by atoms with Gasteiger partial charge in [-0.3, -0.25) is 0 Å². The predicted molar refractivity (Wildman–Crippen MR) is 69.9 cm³/mol. The third-order valence-corrected chi connectivity index (χ3v) is 3.27. The fourth-order valence-corrected chi connectivity index (χ4v) is 2.12. The molecule has 0 aliphatic carbocycles. The van der Waals surface area contributed by atoms with Crippen LogP contribution in [0.4, 0.5) is 4.39 Å². The molecule has 1 nitrogen and oxygen atoms in total. The van der Waals surface area contributed by atoms with Gasteiger partial charge in [0.05, 0.1) is 5.60 Å². The highest BCUT2D eigenvalue weighted by Crippen LogP contribution is 2.25. The highest BCUT2D eigenvalue weighted by atomic mass is 35.5. The minimum atomic E-state index is -0.813. The molecule has 1 rings (SSSR count). The van der Waals surface area contributed by atoms with Gasteiger partial charge in [0.2, 0.25) is 0 Å². The monoisotopic (exact) mass is 258 g/mol. The van der Waals surface area contributed by atoms with E-state index in [1.807, 2.05) is 0 Å². The van der Waals surface area contributed by atoms with Crippen LogP contribution in [0.3, 0.4) is 0 Å². The van der Waals surface area contributed by atoms with Gasteiger partial charge in [-0.05, 0) is 37.1 Å². The van der Waals surface area contributed by atoms with Crippen LogP contribution in [0.25, 0.3) is 0 Å². The van der Waals surface area contributed by atoms with Gasteiger partial charge in [0.1, 0.15) is 5.82 Å². The lowest BCUT2D eigenvalue weighted by Crippen LogP contribution is -2.27. The summed E-state index contributed by atoms with van der Waals surface area (Å²) >= 11 is 5.99. The standard InChI is InChI=1S/C14H20ClFO/c1-3-4-5-8-14(2,17)10-11-9-12(16)6-7-13(11)15/h6-7,9,17H,3-5,8,10H2,1-2H3. The van der Waals surface area contributed by atoms with E-state index in [4.69, 9.17) is 11.6 Å². The molecule has 0 aliphatic rings. The fraction of sp³-hybridized carbons (Fsp3) is 0.571. The van der Waals surface area contributed by atoms with E-state index in [-0.39, 0.29) is 5.82 Å². The summed E-state index contributed by atoms with van der Waals surface area (Å²) in [7, 11) is 0. The van der Waals surface area contributed by atoms with E-state index in [0.717, 1.165) is 19.3 Å². The summed E-state index contributed by atoms with van der Waals surface area (Å²) in [6.45, 7) is 3.90. The van der Waals surface area contributed by atoms with E-state index >= 15 is 0 Å². The Morgan fingerprint density at radius 2 is 2.06 bits per heavy atom. The molecule has 17 heavy (non-hydrogen) atoms. The average molecular weight is 259 g/mol. The van der Waals surface area contributed by atoms with Crippen molar-refractivity contribution in [2.24, 2.45) is 0 Å². The van der Waals surface area contributed by atoms with Crippen LogP contribution in [0.5, 0.6) is 0 Å². The topological polar surface area (TPSA) is 20.2 Å². The first kappa shape index (κ1) is 14.5. The van der Waals surface area contributed by atoms with E-state index < -0.39 is 5.60 Å². The van der Waals surface area contributed by atoms with Gasteiger partial charge in [0.15, 0.2) is 0 Å². The molecule has 1 unspecified atom stereocenters. The maximum absolute atomic E-state index is 13.1. The number of hydrogen-bond donors (Lipinski definition) is 1. The largest absolute Gasteiger partial charge is 0.390 e. The Morgan fingerprint density at radius 3 is 2.71 bits per heavy atom. The molecule has 0 aliphatic heterocycles. The molecule has 0 saturated heterocycles. The van der Waals surface area contributed by atoms with E-state index in [0.29, 0.717) is 23.4 Å². The highest BCUT2D eigenvalue weighted by Gasteiger charge is 2.21. The molecule has 3 heteroatoms. The van der Waals surface area contributed by atoms with Crippen LogP contribution in [0.15, 0.2) is 18.2 Å². The Morgan fingerprint density at radius 1 is 1.35 bits per heavy atom. The lowest BCUT2D eigenvalue weighted by atomic mass is 9.91. The van der Waals surface area contributed by atoms with Crippen LogP contribution in [0, 0.1) is 5.82 Å². The van der Waals surface area contributed by atoms with Gasteiger partial charge >= 0.3 is 0 Å². The Bertz CT molecular complexity index is 363. The van der Waals surface area contributed by atoms with Gasteiger partial charge < -0.3 is 5.11 Å². The van der Waals surface area contributed by atoms with Crippen molar-refractivity contribution in [2.45, 2.75) is 51.6 Å². The molecule has 0 amide bonds. The summed E-state index contributed by atoms with van der Waals surface area (Å²) in [5.41, 5.74) is -0.139. The lowest BCUT2D eigenvalue weighted by Gasteiger charge is -2.23. The van der Waals surface area contributed by atoms with E-state index in [2.05, 4.69) is 6.92 Å². The van der Waals surface area contributed by atoms with Crippen molar-refractivity contribution in [2.75, 3.05) is 0 Å². The minimum Gasteiger partial charge on any atom is -0.390 e. The maximum Gasteiger partial charge on any atom is 0.123 e. The molecular weight excluding hydrogens is 239 g/mol. The van der Waals surface area contributed by atoms with Gasteiger partial charge in [-0.15, -0.1) is 0 Å². The quantitative estimate of drug-likeness (QED) is 0.752. The second-order valence-corrected chi connectivity index (χ2v) is 5.27. The second kappa shape index (κ2) is 6.36. The number of aliphatic hydroxyl groups is 1. The number of hydrogen-bond acceptors (Lipinski definition) is 1. The second-order valence-electron chi connectivity index (χ2n) is 4.87. The third kappa shape index (κ3) is 5.05. The Labute approximate surface area is 108 Å². The van der Waals surface area contributed by atoms with Gasteiger partial charge in [0.25, 0.3) is 0 Å². The molecule has 1 aromatic rings. The molecule has 0 fully saturated rings. The lowest BCUT2D eigenvalue weighted by molar-refractivity contribution is 0.0486. The van der Waals surface area contributed by atoms with Crippen molar-refractivity contribution in [1.82, 2.24) is 0 Å². The zero-order valence-electron chi connectivity index (χ0n) is 10.5. The van der Waals surface area contributed by atoms with Crippen LogP contribution >= 0.6 is 11.6 Å². The smallest absolute Gasteiger partial charge is 0.123 e. The molecule has 0 bridgehead atoms. The van der Waals surface area contributed by atoms with E-state index in [1.54, 1.807) is 6.92 Å². The molecule has 1 aromatic carbocycles. The number of rotatable bonds is 6. The van der Waals surface area contributed by atoms with Gasteiger partial charge in [-0.2, -0.15) is 0 Å². The number of halogens is 2.